The molecule has 1 aromatic carbocycles. The van der Waals surface area contributed by atoms with E-state index in [1.807, 2.05) is 0 Å². The molecule has 1 saturated heterocycles. The molecule has 1 heterocycles. The van der Waals surface area contributed by atoms with E-state index in [0.717, 1.165) is 12.8 Å². The summed E-state index contributed by atoms with van der Waals surface area (Å²) in [5.41, 5.74) is 1.26. The van der Waals surface area contributed by atoms with Crippen molar-refractivity contribution in [2.24, 2.45) is 0 Å². The third-order valence-corrected chi connectivity index (χ3v) is 3.29. The molecule has 1 aliphatic heterocycles. The number of rotatable bonds is 2. The molecular weight excluding hydrogens is 218 g/mol. The summed E-state index contributed by atoms with van der Waals surface area (Å²) < 4.78 is 0. The molecule has 92 valence electrons. The Morgan fingerprint density at radius 3 is 2.94 bits per heavy atom. The number of benzene rings is 1. The first-order valence-electron chi connectivity index (χ1n) is 5.85. The molecular formula is C13H17NO3. The molecule has 2 N–H and O–H groups in total. The Labute approximate surface area is 100 Å². The Kier molecular flexibility index (Phi) is 3.33. The summed E-state index contributed by atoms with van der Waals surface area (Å²) >= 11 is 0. The van der Waals surface area contributed by atoms with E-state index in [1.54, 1.807) is 24.0 Å². The van der Waals surface area contributed by atoms with Gasteiger partial charge in [0, 0.05) is 12.1 Å². The molecule has 0 radical (unpaired) electrons. The predicted molar refractivity (Wildman–Crippen MR) is 64.0 cm³/mol. The maximum Gasteiger partial charge on any atom is 0.254 e. The number of nitrogens with zero attached hydrogens (tertiary/aromatic N) is 1. The van der Waals surface area contributed by atoms with Crippen LogP contribution < -0.4 is 0 Å². The lowest BCUT2D eigenvalue weighted by Crippen LogP contribution is -2.37. The van der Waals surface area contributed by atoms with Crippen LogP contribution in [-0.4, -0.2) is 40.2 Å². The number of aromatic hydroxyl groups is 1. The lowest BCUT2D eigenvalue weighted by molar-refractivity contribution is 0.0677. The van der Waals surface area contributed by atoms with Crippen LogP contribution in [0, 0.1) is 6.92 Å². The summed E-state index contributed by atoms with van der Waals surface area (Å²) in [6.45, 7) is 2.48. The molecule has 2 rings (SSSR count). The molecule has 1 aromatic rings. The van der Waals surface area contributed by atoms with Gasteiger partial charge in [0.05, 0.1) is 12.6 Å². The highest BCUT2D eigenvalue weighted by Gasteiger charge is 2.28. The van der Waals surface area contributed by atoms with E-state index in [9.17, 15) is 15.0 Å². The van der Waals surface area contributed by atoms with Crippen molar-refractivity contribution in [2.45, 2.75) is 25.8 Å². The number of aryl methyl sites for hydroxylation is 1. The molecule has 1 amide bonds. The van der Waals surface area contributed by atoms with Crippen LogP contribution in [0.2, 0.25) is 0 Å². The van der Waals surface area contributed by atoms with E-state index in [2.05, 4.69) is 0 Å². The molecule has 0 spiro atoms. The zero-order valence-corrected chi connectivity index (χ0v) is 9.89. The summed E-state index contributed by atoms with van der Waals surface area (Å²) in [5, 5.41) is 18.6. The number of amides is 1. The number of carbonyl (C=O) groups excluding carboxylic acids is 1. The fourth-order valence-corrected chi connectivity index (χ4v) is 2.25. The molecule has 1 atom stereocenters. The third kappa shape index (κ3) is 2.26. The van der Waals surface area contributed by atoms with Gasteiger partial charge >= 0.3 is 0 Å². The molecule has 17 heavy (non-hydrogen) atoms. The molecule has 1 fully saturated rings. The summed E-state index contributed by atoms with van der Waals surface area (Å²) in [6.07, 6.45) is 1.80. The van der Waals surface area contributed by atoms with Crippen LogP contribution in [0.15, 0.2) is 18.2 Å². The van der Waals surface area contributed by atoms with Gasteiger partial charge < -0.3 is 15.1 Å². The number of likely N-dealkylation sites (tertiary alicyclic amines) is 1. The van der Waals surface area contributed by atoms with Gasteiger partial charge in [-0.3, -0.25) is 4.79 Å². The Bertz CT molecular complexity index is 431. The summed E-state index contributed by atoms with van der Waals surface area (Å²) in [6, 6.07) is 4.78. The van der Waals surface area contributed by atoms with Gasteiger partial charge in [-0.1, -0.05) is 0 Å². The fourth-order valence-electron chi connectivity index (χ4n) is 2.25. The first-order chi connectivity index (χ1) is 8.13. The standard InChI is InChI=1S/C13H17NO3/c1-9-7-10(4-5-12(9)16)13(17)14-6-2-3-11(14)8-15/h4-5,7,11,15-16H,2-3,6,8H2,1H3/t11-/m1/s1. The topological polar surface area (TPSA) is 60.8 Å². The van der Waals surface area contributed by atoms with Crippen molar-refractivity contribution < 1.29 is 15.0 Å². The first kappa shape index (κ1) is 11.9. The second kappa shape index (κ2) is 4.75. The van der Waals surface area contributed by atoms with E-state index in [0.29, 0.717) is 17.7 Å². The highest BCUT2D eigenvalue weighted by atomic mass is 16.3. The maximum atomic E-state index is 12.2. The van der Waals surface area contributed by atoms with Gasteiger partial charge in [0.15, 0.2) is 0 Å². The van der Waals surface area contributed by atoms with Crippen LogP contribution in [0.1, 0.15) is 28.8 Å². The SMILES string of the molecule is Cc1cc(C(=O)N2CCC[C@@H]2CO)ccc1O. The fraction of sp³-hybridized carbons (Fsp3) is 0.462. The lowest BCUT2D eigenvalue weighted by atomic mass is 10.1. The number of aliphatic hydroxyl groups is 1. The number of phenols is 1. The minimum atomic E-state index is -0.0651. The summed E-state index contributed by atoms with van der Waals surface area (Å²) in [5.74, 6) is 0.131. The quantitative estimate of drug-likeness (QED) is 0.812. The molecule has 0 aromatic heterocycles. The van der Waals surface area contributed by atoms with Crippen molar-refractivity contribution in [1.82, 2.24) is 4.90 Å². The van der Waals surface area contributed by atoms with Crippen LogP contribution in [0.5, 0.6) is 5.75 Å². The minimum Gasteiger partial charge on any atom is -0.508 e. The van der Waals surface area contributed by atoms with Gasteiger partial charge in [-0.25, -0.2) is 0 Å². The molecule has 0 aliphatic carbocycles. The van der Waals surface area contributed by atoms with Crippen molar-refractivity contribution >= 4 is 5.91 Å². The van der Waals surface area contributed by atoms with Crippen molar-refractivity contribution in [3.05, 3.63) is 29.3 Å². The minimum absolute atomic E-state index is 0.0167. The number of hydrogen-bond acceptors (Lipinski definition) is 3. The summed E-state index contributed by atoms with van der Waals surface area (Å²) in [4.78, 5) is 13.9. The van der Waals surface area contributed by atoms with Crippen molar-refractivity contribution in [1.29, 1.82) is 0 Å². The predicted octanol–water partition coefficient (Wildman–Crippen LogP) is 1.30. The Hall–Kier alpha value is -1.55. The number of aliphatic hydroxyl groups excluding tert-OH is 1. The zero-order chi connectivity index (χ0) is 12.4. The number of phenolic OH excluding ortho intramolecular Hbond substituents is 1. The second-order valence-corrected chi connectivity index (χ2v) is 4.48. The lowest BCUT2D eigenvalue weighted by Gasteiger charge is -2.23. The number of hydrogen-bond donors (Lipinski definition) is 2. The third-order valence-electron chi connectivity index (χ3n) is 3.29. The van der Waals surface area contributed by atoms with E-state index in [4.69, 9.17) is 0 Å². The van der Waals surface area contributed by atoms with E-state index in [1.165, 1.54) is 6.07 Å². The van der Waals surface area contributed by atoms with E-state index in [-0.39, 0.29) is 24.3 Å². The molecule has 4 heteroatoms. The molecule has 1 aliphatic rings. The molecule has 0 saturated carbocycles. The van der Waals surface area contributed by atoms with Gasteiger partial charge in [-0.05, 0) is 43.5 Å². The van der Waals surface area contributed by atoms with Crippen molar-refractivity contribution in [2.75, 3.05) is 13.2 Å². The number of carbonyl (C=O) groups is 1. The monoisotopic (exact) mass is 235 g/mol. The van der Waals surface area contributed by atoms with Crippen LogP contribution >= 0.6 is 0 Å². The zero-order valence-electron chi connectivity index (χ0n) is 9.89. The van der Waals surface area contributed by atoms with Crippen molar-refractivity contribution in [3.8, 4) is 5.75 Å². The Morgan fingerprint density at radius 1 is 1.53 bits per heavy atom. The first-order valence-corrected chi connectivity index (χ1v) is 5.85. The van der Waals surface area contributed by atoms with Gasteiger partial charge in [0.2, 0.25) is 0 Å². The van der Waals surface area contributed by atoms with Gasteiger partial charge in [0.1, 0.15) is 5.75 Å². The van der Waals surface area contributed by atoms with Crippen molar-refractivity contribution in [3.63, 3.8) is 0 Å². The highest BCUT2D eigenvalue weighted by Crippen LogP contribution is 2.22. The van der Waals surface area contributed by atoms with E-state index < -0.39 is 0 Å². The average molecular weight is 235 g/mol. The van der Waals surface area contributed by atoms with Crippen LogP contribution in [0.25, 0.3) is 0 Å². The van der Waals surface area contributed by atoms with Crippen LogP contribution in [0.4, 0.5) is 0 Å². The molecule has 0 bridgehead atoms. The maximum absolute atomic E-state index is 12.2. The second-order valence-electron chi connectivity index (χ2n) is 4.48. The Morgan fingerprint density at radius 2 is 2.29 bits per heavy atom. The van der Waals surface area contributed by atoms with Gasteiger partial charge in [0.25, 0.3) is 5.91 Å². The smallest absolute Gasteiger partial charge is 0.254 e. The van der Waals surface area contributed by atoms with Crippen LogP contribution in [0.3, 0.4) is 0 Å². The van der Waals surface area contributed by atoms with Crippen LogP contribution in [-0.2, 0) is 0 Å². The molecule has 4 nitrogen and oxygen atoms in total. The largest absolute Gasteiger partial charge is 0.508 e. The van der Waals surface area contributed by atoms with Gasteiger partial charge in [-0.2, -0.15) is 0 Å². The average Bonchev–Trinajstić information content (AvgIpc) is 2.80. The normalized spacial score (nSPS) is 19.6. The summed E-state index contributed by atoms with van der Waals surface area (Å²) in [7, 11) is 0. The molecule has 0 unspecified atom stereocenters. The highest BCUT2D eigenvalue weighted by molar-refractivity contribution is 5.95. The van der Waals surface area contributed by atoms with E-state index >= 15 is 0 Å². The van der Waals surface area contributed by atoms with Gasteiger partial charge in [-0.15, -0.1) is 0 Å². The Balaban J connectivity index is 2.21.